The lowest BCUT2D eigenvalue weighted by molar-refractivity contribution is -0.135. The molecule has 0 saturated heterocycles. The third kappa shape index (κ3) is 3.12. The third-order valence-electron chi connectivity index (χ3n) is 3.61. The van der Waals surface area contributed by atoms with E-state index in [1.807, 2.05) is 0 Å². The molecule has 0 fully saturated rings. The van der Waals surface area contributed by atoms with Crippen LogP contribution in [0.15, 0.2) is 38.6 Å². The van der Waals surface area contributed by atoms with Gasteiger partial charge >= 0.3 is 11.7 Å². The molecule has 0 saturated carbocycles. The maximum Gasteiger partial charge on any atom is 0.333 e. The van der Waals surface area contributed by atoms with Crippen molar-refractivity contribution in [2.75, 3.05) is 0 Å². The fourth-order valence-corrected chi connectivity index (χ4v) is 3.14. The summed E-state index contributed by atoms with van der Waals surface area (Å²) in [6.45, 7) is -0.526. The Morgan fingerprint density at radius 1 is 1.32 bits per heavy atom. The Bertz CT molecular complexity index is 1120. The maximum absolute atomic E-state index is 12.5. The number of aromatic nitrogens is 4. The van der Waals surface area contributed by atoms with Crippen LogP contribution in [0.5, 0.6) is 5.75 Å². The van der Waals surface area contributed by atoms with Crippen LogP contribution in [0.4, 0.5) is 0 Å². The van der Waals surface area contributed by atoms with Gasteiger partial charge in [0.05, 0.1) is 10.8 Å². The highest BCUT2D eigenvalue weighted by molar-refractivity contribution is 9.10. The molecule has 2 heterocycles. The highest BCUT2D eigenvalue weighted by Crippen LogP contribution is 2.28. The van der Waals surface area contributed by atoms with Gasteiger partial charge in [0.1, 0.15) is 12.3 Å². The quantitative estimate of drug-likeness (QED) is 0.466. The first-order valence-corrected chi connectivity index (χ1v) is 8.23. The van der Waals surface area contributed by atoms with Crippen molar-refractivity contribution < 1.29 is 9.53 Å². The largest absolute Gasteiger partial charge is 0.424 e. The number of nitrogens with zero attached hydrogens (tertiary/aromatic N) is 4. The standard InChI is InChI=1S/C15H12BrClN4O4/c1-19-7-18-13-12(19)14(23)21(15(24)20(13)2)6-11(22)25-10-4-3-8(17)5-9(10)16/h3-5,7H,6H2,1-2H3. The Morgan fingerprint density at radius 3 is 2.72 bits per heavy atom. The summed E-state index contributed by atoms with van der Waals surface area (Å²) in [5.74, 6) is -0.523. The summed E-state index contributed by atoms with van der Waals surface area (Å²) >= 11 is 9.06. The summed E-state index contributed by atoms with van der Waals surface area (Å²) in [5, 5.41) is 0.471. The van der Waals surface area contributed by atoms with Gasteiger partial charge in [-0.1, -0.05) is 11.6 Å². The zero-order valence-electron chi connectivity index (χ0n) is 13.2. The van der Waals surface area contributed by atoms with Gasteiger partial charge in [-0.05, 0) is 34.1 Å². The SMILES string of the molecule is Cn1cnc2c1c(=O)n(CC(=O)Oc1ccc(Cl)cc1Br)c(=O)n2C. The Labute approximate surface area is 154 Å². The zero-order chi connectivity index (χ0) is 18.3. The number of rotatable bonds is 3. The molecule has 0 spiro atoms. The van der Waals surface area contributed by atoms with Gasteiger partial charge in [0.25, 0.3) is 5.56 Å². The van der Waals surface area contributed by atoms with Crippen LogP contribution < -0.4 is 16.0 Å². The number of halogens is 2. The number of esters is 1. The predicted octanol–water partition coefficient (Wildman–Crippen LogP) is 1.46. The minimum absolute atomic E-state index is 0.225. The van der Waals surface area contributed by atoms with Crippen molar-refractivity contribution in [3.8, 4) is 5.75 Å². The summed E-state index contributed by atoms with van der Waals surface area (Å²) in [6.07, 6.45) is 1.43. The Balaban J connectivity index is 1.98. The average molecular weight is 428 g/mol. The summed E-state index contributed by atoms with van der Waals surface area (Å²) in [7, 11) is 3.11. The highest BCUT2D eigenvalue weighted by atomic mass is 79.9. The minimum Gasteiger partial charge on any atom is -0.424 e. The van der Waals surface area contributed by atoms with E-state index in [0.717, 1.165) is 4.57 Å². The topological polar surface area (TPSA) is 88.1 Å². The van der Waals surface area contributed by atoms with Crippen LogP contribution in [-0.4, -0.2) is 24.7 Å². The van der Waals surface area contributed by atoms with Gasteiger partial charge in [-0.3, -0.25) is 9.36 Å². The molecule has 25 heavy (non-hydrogen) atoms. The molecule has 0 bridgehead atoms. The van der Waals surface area contributed by atoms with E-state index in [2.05, 4.69) is 20.9 Å². The molecule has 2 aromatic heterocycles. The lowest BCUT2D eigenvalue weighted by Crippen LogP contribution is -2.42. The van der Waals surface area contributed by atoms with E-state index in [1.54, 1.807) is 19.2 Å². The molecule has 0 unspecified atom stereocenters. The van der Waals surface area contributed by atoms with Gasteiger partial charge in [-0.15, -0.1) is 0 Å². The van der Waals surface area contributed by atoms with Crippen molar-refractivity contribution >= 4 is 44.7 Å². The highest BCUT2D eigenvalue weighted by Gasteiger charge is 2.18. The van der Waals surface area contributed by atoms with Crippen molar-refractivity contribution in [3.63, 3.8) is 0 Å². The molecule has 10 heteroatoms. The predicted molar refractivity (Wildman–Crippen MR) is 95.0 cm³/mol. The van der Waals surface area contributed by atoms with Gasteiger partial charge in [0.2, 0.25) is 0 Å². The molecule has 1 aromatic carbocycles. The molecule has 0 radical (unpaired) electrons. The number of carbonyl (C=O) groups excluding carboxylic acids is 1. The van der Waals surface area contributed by atoms with Crippen LogP contribution in [-0.2, 0) is 25.4 Å². The zero-order valence-corrected chi connectivity index (χ0v) is 15.5. The summed E-state index contributed by atoms with van der Waals surface area (Å²) in [6, 6.07) is 4.63. The van der Waals surface area contributed by atoms with E-state index in [-0.39, 0.29) is 16.9 Å². The minimum atomic E-state index is -0.760. The Hall–Kier alpha value is -2.39. The first-order chi connectivity index (χ1) is 11.8. The van der Waals surface area contributed by atoms with Crippen LogP contribution in [0.1, 0.15) is 0 Å². The van der Waals surface area contributed by atoms with E-state index in [1.165, 1.54) is 28.6 Å². The van der Waals surface area contributed by atoms with Crippen LogP contribution in [0.2, 0.25) is 5.02 Å². The molecule has 3 aromatic rings. The summed E-state index contributed by atoms with van der Waals surface area (Å²) in [5.41, 5.74) is -0.779. The first kappa shape index (κ1) is 17.4. The lowest BCUT2D eigenvalue weighted by Gasteiger charge is -2.09. The number of imidazole rings is 1. The molecule has 0 aliphatic heterocycles. The van der Waals surface area contributed by atoms with E-state index >= 15 is 0 Å². The molecule has 130 valence electrons. The molecule has 8 nitrogen and oxygen atoms in total. The van der Waals surface area contributed by atoms with Crippen LogP contribution in [0, 0.1) is 0 Å². The summed E-state index contributed by atoms with van der Waals surface area (Å²) < 4.78 is 9.21. The second-order valence-electron chi connectivity index (χ2n) is 5.31. The summed E-state index contributed by atoms with van der Waals surface area (Å²) in [4.78, 5) is 41.1. The van der Waals surface area contributed by atoms with Crippen LogP contribution in [0.3, 0.4) is 0 Å². The Kier molecular flexibility index (Phi) is 4.53. The number of hydrogen-bond donors (Lipinski definition) is 0. The van der Waals surface area contributed by atoms with E-state index < -0.39 is 23.8 Å². The van der Waals surface area contributed by atoms with Crippen molar-refractivity contribution in [1.29, 1.82) is 0 Å². The number of aryl methyl sites for hydroxylation is 2. The number of carbonyl (C=O) groups is 1. The van der Waals surface area contributed by atoms with E-state index in [9.17, 15) is 14.4 Å². The molecule has 0 atom stereocenters. The van der Waals surface area contributed by atoms with Gasteiger partial charge in [0, 0.05) is 19.1 Å². The molecule has 3 rings (SSSR count). The van der Waals surface area contributed by atoms with Crippen molar-refractivity contribution in [1.82, 2.24) is 18.7 Å². The second kappa shape index (κ2) is 6.49. The molecule has 0 amide bonds. The molecule has 0 aliphatic carbocycles. The van der Waals surface area contributed by atoms with Crippen molar-refractivity contribution in [2.24, 2.45) is 14.1 Å². The fourth-order valence-electron chi connectivity index (χ4n) is 2.38. The van der Waals surface area contributed by atoms with Crippen molar-refractivity contribution in [2.45, 2.75) is 6.54 Å². The Morgan fingerprint density at radius 2 is 2.04 bits per heavy atom. The van der Waals surface area contributed by atoms with Crippen molar-refractivity contribution in [3.05, 3.63) is 54.9 Å². The van der Waals surface area contributed by atoms with E-state index in [4.69, 9.17) is 16.3 Å². The average Bonchev–Trinajstić information content (AvgIpc) is 2.94. The maximum atomic E-state index is 12.5. The lowest BCUT2D eigenvalue weighted by atomic mass is 10.3. The molecular weight excluding hydrogens is 416 g/mol. The van der Waals surface area contributed by atoms with Crippen LogP contribution >= 0.6 is 27.5 Å². The molecule has 0 N–H and O–H groups in total. The normalized spacial score (nSPS) is 11.0. The molecule has 0 aliphatic rings. The number of hydrogen-bond acceptors (Lipinski definition) is 5. The fraction of sp³-hybridized carbons (Fsp3) is 0.200. The number of fused-ring (bicyclic) bond motifs is 1. The monoisotopic (exact) mass is 426 g/mol. The van der Waals surface area contributed by atoms with E-state index in [0.29, 0.717) is 9.50 Å². The van der Waals surface area contributed by atoms with Gasteiger partial charge < -0.3 is 9.30 Å². The second-order valence-corrected chi connectivity index (χ2v) is 6.60. The smallest absolute Gasteiger partial charge is 0.333 e. The van der Waals surface area contributed by atoms with Gasteiger partial charge in [0.15, 0.2) is 11.2 Å². The van der Waals surface area contributed by atoms with Crippen LogP contribution in [0.25, 0.3) is 11.2 Å². The third-order valence-corrected chi connectivity index (χ3v) is 4.46. The van der Waals surface area contributed by atoms with Gasteiger partial charge in [-0.25, -0.2) is 19.1 Å². The molecular formula is C15H12BrClN4O4. The number of ether oxygens (including phenoxy) is 1. The number of benzene rings is 1. The first-order valence-electron chi connectivity index (χ1n) is 7.06. The van der Waals surface area contributed by atoms with Gasteiger partial charge in [-0.2, -0.15) is 0 Å².